The highest BCUT2D eigenvalue weighted by Gasteiger charge is 2.31. The third kappa shape index (κ3) is 4.09. The van der Waals surface area contributed by atoms with E-state index in [0.29, 0.717) is 5.56 Å². The average Bonchev–Trinajstić information content (AvgIpc) is 3.29. The van der Waals surface area contributed by atoms with Crippen molar-refractivity contribution in [1.82, 2.24) is 19.7 Å². The largest absolute Gasteiger partial charge is 0.360 e. The summed E-state index contributed by atoms with van der Waals surface area (Å²) in [6, 6.07) is 11.3. The molecule has 0 radical (unpaired) electrons. The maximum atomic E-state index is 14.6. The van der Waals surface area contributed by atoms with Crippen molar-refractivity contribution >= 4 is 34.4 Å². The Labute approximate surface area is 189 Å². The highest BCUT2D eigenvalue weighted by molar-refractivity contribution is 6.45. The molecule has 1 aliphatic rings. The van der Waals surface area contributed by atoms with Gasteiger partial charge in [-0.3, -0.25) is 19.2 Å². The van der Waals surface area contributed by atoms with Crippen LogP contribution in [0, 0.1) is 5.82 Å². The number of H-pyrrole nitrogens is 1. The first kappa shape index (κ1) is 22.2. The average molecular weight is 450 g/mol. The lowest BCUT2D eigenvalue weighted by atomic mass is 10.0. The van der Waals surface area contributed by atoms with Gasteiger partial charge in [-0.15, -0.1) is 0 Å². The Bertz CT molecular complexity index is 1240. The van der Waals surface area contributed by atoms with E-state index in [9.17, 15) is 23.6 Å². The van der Waals surface area contributed by atoms with E-state index in [1.54, 1.807) is 43.3 Å². The van der Waals surface area contributed by atoms with Gasteiger partial charge in [-0.1, -0.05) is 18.2 Å². The number of hydrogen-bond donors (Lipinski definition) is 1. The monoisotopic (exact) mass is 450 g/mol. The minimum absolute atomic E-state index is 0.0843. The zero-order valence-electron chi connectivity index (χ0n) is 18.3. The quantitative estimate of drug-likeness (QED) is 0.487. The van der Waals surface area contributed by atoms with Gasteiger partial charge in [-0.25, -0.2) is 4.39 Å². The molecule has 0 bridgehead atoms. The minimum Gasteiger partial charge on any atom is -0.360 e. The molecule has 170 valence electrons. The fraction of sp³-hybridized carbons (Fsp3) is 0.250. The van der Waals surface area contributed by atoms with Crippen LogP contribution in [0.2, 0.25) is 0 Å². The molecule has 3 amide bonds. The lowest BCUT2D eigenvalue weighted by Crippen LogP contribution is -2.52. The number of piperazine rings is 1. The normalized spacial score (nSPS) is 13.8. The summed E-state index contributed by atoms with van der Waals surface area (Å²) in [6.07, 6.45) is 1.26. The summed E-state index contributed by atoms with van der Waals surface area (Å²) in [5, 5.41) is -0.0843. The molecular formula is C24H23FN4O4. The number of carbonyl (C=O) groups excluding carboxylic acids is 4. The summed E-state index contributed by atoms with van der Waals surface area (Å²) < 4.78 is 14.6. The van der Waals surface area contributed by atoms with Crippen LogP contribution < -0.4 is 0 Å². The van der Waals surface area contributed by atoms with Crippen LogP contribution in [0.5, 0.6) is 0 Å². The number of halogens is 1. The van der Waals surface area contributed by atoms with Crippen molar-refractivity contribution in [2.75, 3.05) is 40.3 Å². The number of ketones is 1. The fourth-order valence-corrected chi connectivity index (χ4v) is 3.94. The van der Waals surface area contributed by atoms with E-state index < -0.39 is 17.5 Å². The lowest BCUT2D eigenvalue weighted by Gasteiger charge is -2.34. The third-order valence-electron chi connectivity index (χ3n) is 5.73. The Hall–Kier alpha value is -4.01. The number of nitrogens with one attached hydrogen (secondary N) is 1. The van der Waals surface area contributed by atoms with Gasteiger partial charge in [0.25, 0.3) is 23.5 Å². The molecule has 0 unspecified atom stereocenters. The van der Waals surface area contributed by atoms with Crippen LogP contribution in [0.3, 0.4) is 0 Å². The molecule has 1 fully saturated rings. The molecule has 3 aromatic rings. The second kappa shape index (κ2) is 8.85. The van der Waals surface area contributed by atoms with Gasteiger partial charge in [0.05, 0.1) is 16.6 Å². The topological polar surface area (TPSA) is 93.8 Å². The number of aromatic amines is 1. The van der Waals surface area contributed by atoms with Gasteiger partial charge < -0.3 is 19.7 Å². The molecule has 8 nitrogen and oxygen atoms in total. The Kier molecular flexibility index (Phi) is 5.95. The molecule has 9 heteroatoms. The molecule has 1 N–H and O–H groups in total. The number of Topliss-reactive ketones (excluding diaryl/α,β-unsaturated/α-hetero) is 1. The van der Waals surface area contributed by atoms with E-state index in [2.05, 4.69) is 4.98 Å². The summed E-state index contributed by atoms with van der Waals surface area (Å²) in [4.78, 5) is 58.0. The number of nitrogens with zero attached hydrogens (tertiary/aromatic N) is 3. The summed E-state index contributed by atoms with van der Waals surface area (Å²) in [6.45, 7) is 0.962. The first-order valence-corrected chi connectivity index (χ1v) is 10.5. The van der Waals surface area contributed by atoms with Gasteiger partial charge in [0, 0.05) is 57.4 Å². The minimum atomic E-state index is -0.863. The molecule has 0 aliphatic carbocycles. The smallest absolute Gasteiger partial charge is 0.295 e. The zero-order chi connectivity index (χ0) is 23.7. The molecule has 1 saturated heterocycles. The summed E-state index contributed by atoms with van der Waals surface area (Å²) in [7, 11) is 3.14. The number of carbonyl (C=O) groups is 4. The van der Waals surface area contributed by atoms with Gasteiger partial charge in [-0.05, 0) is 24.3 Å². The first-order chi connectivity index (χ1) is 15.8. The van der Waals surface area contributed by atoms with Crippen molar-refractivity contribution in [3.63, 3.8) is 0 Å². The summed E-state index contributed by atoms with van der Waals surface area (Å²) in [5.74, 6) is -2.82. The van der Waals surface area contributed by atoms with Crippen LogP contribution in [-0.2, 0) is 4.79 Å². The van der Waals surface area contributed by atoms with Crippen LogP contribution in [0.25, 0.3) is 10.9 Å². The van der Waals surface area contributed by atoms with Crippen LogP contribution in [0.15, 0.2) is 48.7 Å². The van der Waals surface area contributed by atoms with Gasteiger partial charge in [0.1, 0.15) is 5.82 Å². The second-order valence-electron chi connectivity index (χ2n) is 8.03. The van der Waals surface area contributed by atoms with Crippen molar-refractivity contribution in [3.8, 4) is 0 Å². The van der Waals surface area contributed by atoms with Crippen molar-refractivity contribution < 1.29 is 23.6 Å². The van der Waals surface area contributed by atoms with Crippen molar-refractivity contribution in [2.24, 2.45) is 0 Å². The van der Waals surface area contributed by atoms with E-state index in [4.69, 9.17) is 0 Å². The molecule has 0 atom stereocenters. The number of aromatic nitrogens is 1. The number of rotatable bonds is 4. The third-order valence-corrected chi connectivity index (χ3v) is 5.73. The van der Waals surface area contributed by atoms with E-state index in [-0.39, 0.29) is 60.0 Å². The number of amides is 3. The van der Waals surface area contributed by atoms with Crippen LogP contribution in [-0.4, -0.2) is 83.5 Å². The van der Waals surface area contributed by atoms with Crippen molar-refractivity contribution in [1.29, 1.82) is 0 Å². The molecule has 2 aromatic carbocycles. The Morgan fingerprint density at radius 1 is 0.879 bits per heavy atom. The maximum Gasteiger partial charge on any atom is 0.295 e. The van der Waals surface area contributed by atoms with E-state index in [0.717, 1.165) is 6.07 Å². The fourth-order valence-electron chi connectivity index (χ4n) is 3.94. The summed E-state index contributed by atoms with van der Waals surface area (Å²) in [5.41, 5.74) is 0.813. The van der Waals surface area contributed by atoms with Crippen molar-refractivity contribution in [3.05, 3.63) is 71.2 Å². The predicted molar refractivity (Wildman–Crippen MR) is 120 cm³/mol. The highest BCUT2D eigenvalue weighted by Crippen LogP contribution is 2.26. The Morgan fingerprint density at radius 3 is 2.15 bits per heavy atom. The van der Waals surface area contributed by atoms with E-state index in [1.807, 2.05) is 6.07 Å². The van der Waals surface area contributed by atoms with Gasteiger partial charge in [0.2, 0.25) is 0 Å². The predicted octanol–water partition coefficient (Wildman–Crippen LogP) is 2.18. The molecule has 4 rings (SSSR count). The molecule has 0 saturated carbocycles. The standard InChI is InChI=1S/C24H23FN4O4/c1-27(2)23(32)16-8-9-18(25)19-17(14-26-20(16)19)21(30)24(33)29-12-10-28(11-13-29)22(31)15-6-4-3-5-7-15/h3-9,14,26H,10-13H2,1-2H3. The Balaban J connectivity index is 1.51. The van der Waals surface area contributed by atoms with Gasteiger partial charge in [-0.2, -0.15) is 0 Å². The van der Waals surface area contributed by atoms with Gasteiger partial charge >= 0.3 is 0 Å². The zero-order valence-corrected chi connectivity index (χ0v) is 18.3. The van der Waals surface area contributed by atoms with Crippen LogP contribution in [0.4, 0.5) is 4.39 Å². The maximum absolute atomic E-state index is 14.6. The molecule has 0 spiro atoms. The second-order valence-corrected chi connectivity index (χ2v) is 8.03. The Morgan fingerprint density at radius 2 is 1.52 bits per heavy atom. The van der Waals surface area contributed by atoms with E-state index in [1.165, 1.54) is 22.1 Å². The highest BCUT2D eigenvalue weighted by atomic mass is 19.1. The number of benzene rings is 2. The van der Waals surface area contributed by atoms with Gasteiger partial charge in [0.15, 0.2) is 0 Å². The number of hydrogen-bond acceptors (Lipinski definition) is 4. The summed E-state index contributed by atoms with van der Waals surface area (Å²) >= 11 is 0. The number of fused-ring (bicyclic) bond motifs is 1. The molecular weight excluding hydrogens is 427 g/mol. The molecule has 1 aromatic heterocycles. The van der Waals surface area contributed by atoms with Crippen LogP contribution in [0.1, 0.15) is 31.1 Å². The first-order valence-electron chi connectivity index (χ1n) is 10.5. The molecule has 33 heavy (non-hydrogen) atoms. The van der Waals surface area contributed by atoms with Crippen LogP contribution >= 0.6 is 0 Å². The molecule has 2 heterocycles. The molecule has 1 aliphatic heterocycles. The lowest BCUT2D eigenvalue weighted by molar-refractivity contribution is -0.127. The van der Waals surface area contributed by atoms with Crippen molar-refractivity contribution in [2.45, 2.75) is 0 Å². The van der Waals surface area contributed by atoms with E-state index >= 15 is 0 Å². The SMILES string of the molecule is CN(C)C(=O)c1ccc(F)c2c(C(=O)C(=O)N3CCN(C(=O)c4ccccc4)CC3)c[nH]c12.